The summed E-state index contributed by atoms with van der Waals surface area (Å²) in [5, 5.41) is 0. The average Bonchev–Trinajstić information content (AvgIpc) is 2.98. The monoisotopic (exact) mass is 299 g/mol. The molecule has 0 atom stereocenters. The van der Waals surface area contributed by atoms with E-state index >= 15 is 0 Å². The Morgan fingerprint density at radius 3 is 2.59 bits per heavy atom. The lowest BCUT2D eigenvalue weighted by Crippen LogP contribution is -2.41. The predicted octanol–water partition coefficient (Wildman–Crippen LogP) is 2.54. The number of aromatic nitrogens is 2. The first-order valence-electron chi connectivity index (χ1n) is 7.52. The minimum atomic E-state index is -0.410. The third kappa shape index (κ3) is 2.58. The highest BCUT2D eigenvalue weighted by Gasteiger charge is 2.52. The summed E-state index contributed by atoms with van der Waals surface area (Å²) in [7, 11) is -0.410. The molecular formula is C16H22BN3O2. The van der Waals surface area contributed by atoms with E-state index in [0.717, 1.165) is 22.1 Å². The Balaban J connectivity index is 1.90. The number of aromatic amines is 1. The molecule has 1 aromatic carbocycles. The fourth-order valence-electron chi connectivity index (χ4n) is 2.47. The van der Waals surface area contributed by atoms with E-state index in [4.69, 9.17) is 15.0 Å². The molecule has 1 aliphatic heterocycles. The van der Waals surface area contributed by atoms with Crippen LogP contribution in [0.3, 0.4) is 0 Å². The van der Waals surface area contributed by atoms with Crippen molar-refractivity contribution >= 4 is 24.2 Å². The van der Waals surface area contributed by atoms with Gasteiger partial charge < -0.3 is 20.0 Å². The van der Waals surface area contributed by atoms with Crippen molar-refractivity contribution in [2.45, 2.75) is 38.9 Å². The average molecular weight is 299 g/mol. The van der Waals surface area contributed by atoms with Crippen LogP contribution in [0, 0.1) is 0 Å². The molecule has 1 saturated heterocycles. The van der Waals surface area contributed by atoms with E-state index in [0.29, 0.717) is 6.54 Å². The Labute approximate surface area is 131 Å². The summed E-state index contributed by atoms with van der Waals surface area (Å²) in [6.07, 6.45) is 3.72. The van der Waals surface area contributed by atoms with Gasteiger partial charge in [0.1, 0.15) is 0 Å². The fraction of sp³-hybridized carbons (Fsp3) is 0.438. The maximum absolute atomic E-state index is 6.07. The summed E-state index contributed by atoms with van der Waals surface area (Å²) in [5.74, 6) is 0. The highest BCUT2D eigenvalue weighted by molar-refractivity contribution is 6.55. The highest BCUT2D eigenvalue weighted by atomic mass is 16.7. The van der Waals surface area contributed by atoms with Gasteiger partial charge in [0.2, 0.25) is 0 Å². The number of nitrogens with two attached hydrogens (primary N) is 1. The largest absolute Gasteiger partial charge is 0.491 e. The van der Waals surface area contributed by atoms with Crippen LogP contribution in [0.4, 0.5) is 0 Å². The molecule has 2 heterocycles. The molecule has 1 aliphatic rings. The van der Waals surface area contributed by atoms with Crippen LogP contribution < -0.4 is 5.73 Å². The summed E-state index contributed by atoms with van der Waals surface area (Å²) < 4.78 is 12.1. The minimum absolute atomic E-state index is 0.362. The SMILES string of the molecule is CC1(C)OB(C(=Cc2ccc3nc[nH]c3c2)CN)OC1(C)C. The van der Waals surface area contributed by atoms with Gasteiger partial charge in [0, 0.05) is 6.54 Å². The first-order valence-corrected chi connectivity index (χ1v) is 7.52. The molecule has 116 valence electrons. The third-order valence-electron chi connectivity index (χ3n) is 4.59. The molecule has 0 aliphatic carbocycles. The molecule has 0 amide bonds. The summed E-state index contributed by atoms with van der Waals surface area (Å²) in [6.45, 7) is 8.54. The number of hydrogen-bond acceptors (Lipinski definition) is 4. The molecule has 0 saturated carbocycles. The molecular weight excluding hydrogens is 277 g/mol. The molecule has 0 bridgehead atoms. The van der Waals surface area contributed by atoms with Gasteiger partial charge in [-0.25, -0.2) is 4.98 Å². The molecule has 3 rings (SSSR count). The molecule has 3 N–H and O–H groups in total. The Morgan fingerprint density at radius 1 is 1.27 bits per heavy atom. The maximum Gasteiger partial charge on any atom is 0.491 e. The predicted molar refractivity (Wildman–Crippen MR) is 89.2 cm³/mol. The molecule has 2 aromatic rings. The van der Waals surface area contributed by atoms with E-state index in [1.54, 1.807) is 6.33 Å². The van der Waals surface area contributed by atoms with E-state index in [9.17, 15) is 0 Å². The van der Waals surface area contributed by atoms with Crippen molar-refractivity contribution in [3.8, 4) is 0 Å². The number of fused-ring (bicyclic) bond motifs is 1. The summed E-state index contributed by atoms with van der Waals surface area (Å²) in [6, 6.07) is 6.04. The van der Waals surface area contributed by atoms with E-state index in [2.05, 4.69) is 9.97 Å². The highest BCUT2D eigenvalue weighted by Crippen LogP contribution is 2.38. The molecule has 0 radical (unpaired) electrons. The second-order valence-electron chi connectivity index (χ2n) is 6.69. The normalized spacial score (nSPS) is 20.8. The van der Waals surface area contributed by atoms with Crippen LogP contribution in [0.1, 0.15) is 33.3 Å². The van der Waals surface area contributed by atoms with Gasteiger partial charge in [-0.1, -0.05) is 12.1 Å². The van der Waals surface area contributed by atoms with Gasteiger partial charge >= 0.3 is 7.12 Å². The van der Waals surface area contributed by atoms with Crippen LogP contribution in [0.25, 0.3) is 17.1 Å². The molecule has 0 spiro atoms. The fourth-order valence-corrected chi connectivity index (χ4v) is 2.47. The Morgan fingerprint density at radius 2 is 1.95 bits per heavy atom. The summed E-state index contributed by atoms with van der Waals surface area (Å²) in [4.78, 5) is 7.34. The van der Waals surface area contributed by atoms with Crippen molar-refractivity contribution in [1.82, 2.24) is 9.97 Å². The zero-order valence-electron chi connectivity index (χ0n) is 13.5. The van der Waals surface area contributed by atoms with E-state index in [1.807, 2.05) is 52.0 Å². The lowest BCUT2D eigenvalue weighted by atomic mass is 9.77. The number of H-pyrrole nitrogens is 1. The van der Waals surface area contributed by atoms with Gasteiger partial charge in [0.05, 0.1) is 28.6 Å². The molecule has 22 heavy (non-hydrogen) atoms. The molecule has 5 nitrogen and oxygen atoms in total. The van der Waals surface area contributed by atoms with E-state index < -0.39 is 7.12 Å². The smallest absolute Gasteiger partial charge is 0.400 e. The van der Waals surface area contributed by atoms with Gasteiger partial charge in [-0.15, -0.1) is 0 Å². The molecule has 6 heteroatoms. The van der Waals surface area contributed by atoms with Crippen LogP contribution in [-0.2, 0) is 9.31 Å². The second-order valence-corrected chi connectivity index (χ2v) is 6.69. The molecule has 1 fully saturated rings. The first kappa shape index (κ1) is 15.3. The van der Waals surface area contributed by atoms with Crippen molar-refractivity contribution < 1.29 is 9.31 Å². The van der Waals surface area contributed by atoms with Gasteiger partial charge in [-0.3, -0.25) is 0 Å². The number of hydrogen-bond donors (Lipinski definition) is 2. The maximum atomic E-state index is 6.07. The number of benzene rings is 1. The third-order valence-corrected chi connectivity index (χ3v) is 4.59. The zero-order chi connectivity index (χ0) is 16.0. The van der Waals surface area contributed by atoms with Crippen LogP contribution in [-0.4, -0.2) is 34.8 Å². The van der Waals surface area contributed by atoms with Crippen molar-refractivity contribution in [2.75, 3.05) is 6.54 Å². The zero-order valence-corrected chi connectivity index (χ0v) is 13.5. The van der Waals surface area contributed by atoms with E-state index in [-0.39, 0.29) is 11.2 Å². The first-order chi connectivity index (χ1) is 10.3. The number of nitrogens with zero attached hydrogens (tertiary/aromatic N) is 1. The summed E-state index contributed by atoms with van der Waals surface area (Å²) >= 11 is 0. The van der Waals surface area contributed by atoms with Gasteiger partial charge in [0.25, 0.3) is 0 Å². The quantitative estimate of drug-likeness (QED) is 0.854. The Hall–Kier alpha value is -1.63. The van der Waals surface area contributed by atoms with E-state index in [1.165, 1.54) is 0 Å². The summed E-state index contributed by atoms with van der Waals surface area (Å²) in [5.41, 5.74) is 9.12. The van der Waals surface area contributed by atoms with Crippen LogP contribution >= 0.6 is 0 Å². The van der Waals surface area contributed by atoms with Gasteiger partial charge in [-0.2, -0.15) is 0 Å². The van der Waals surface area contributed by atoms with Crippen molar-refractivity contribution in [3.05, 3.63) is 35.6 Å². The molecule has 1 aromatic heterocycles. The molecule has 0 unspecified atom stereocenters. The minimum Gasteiger partial charge on any atom is -0.400 e. The number of imidazole rings is 1. The topological polar surface area (TPSA) is 73.2 Å². The standard InChI is InChI=1S/C16H22BN3O2/c1-15(2)16(3,4)22-17(21-15)12(9-18)7-11-5-6-13-14(8-11)20-10-19-13/h5-8,10H,9,18H2,1-4H3,(H,19,20). The van der Waals surface area contributed by atoms with Crippen molar-refractivity contribution in [2.24, 2.45) is 5.73 Å². The van der Waals surface area contributed by atoms with Crippen molar-refractivity contribution in [1.29, 1.82) is 0 Å². The van der Waals surface area contributed by atoms with Crippen LogP contribution in [0.2, 0.25) is 0 Å². The number of nitrogens with one attached hydrogen (secondary N) is 1. The van der Waals surface area contributed by atoms with Gasteiger partial charge in [-0.05, 0) is 50.9 Å². The lowest BCUT2D eigenvalue weighted by Gasteiger charge is -2.32. The Kier molecular flexibility index (Phi) is 3.63. The number of rotatable bonds is 3. The Bertz CT molecular complexity index is 705. The van der Waals surface area contributed by atoms with Crippen LogP contribution in [0.5, 0.6) is 0 Å². The second kappa shape index (κ2) is 5.23. The van der Waals surface area contributed by atoms with Crippen LogP contribution in [0.15, 0.2) is 30.0 Å². The lowest BCUT2D eigenvalue weighted by molar-refractivity contribution is 0.00578. The van der Waals surface area contributed by atoms with Crippen molar-refractivity contribution in [3.63, 3.8) is 0 Å². The van der Waals surface area contributed by atoms with Gasteiger partial charge in [0.15, 0.2) is 0 Å².